The average Bonchev–Trinajstić information content (AvgIpc) is 2.70. The van der Waals surface area contributed by atoms with Crippen LogP contribution in [0.25, 0.3) is 0 Å². The van der Waals surface area contributed by atoms with Crippen LogP contribution in [-0.4, -0.2) is 43.5 Å². The van der Waals surface area contributed by atoms with E-state index in [4.69, 9.17) is 21.1 Å². The number of esters is 1. The standard InChI is InChI=1S/C8H16NO3PS3/c1-11-8(10)7(3-5-15-2)9-13(14)12-4-6-16-13/h7H,3-6H2,1-2H3,(H,9,14)/t7-,13?/m0/s1. The van der Waals surface area contributed by atoms with E-state index in [1.165, 1.54) is 7.11 Å². The number of carbonyl (C=O) groups is 1. The van der Waals surface area contributed by atoms with Crippen molar-refractivity contribution in [2.75, 3.05) is 31.5 Å². The summed E-state index contributed by atoms with van der Waals surface area (Å²) in [6.07, 6.45) is 2.73. The molecule has 0 spiro atoms. The minimum absolute atomic E-state index is 0.255. The van der Waals surface area contributed by atoms with E-state index in [1.54, 1.807) is 23.1 Å². The molecule has 0 aromatic carbocycles. The first-order valence-corrected chi connectivity index (χ1v) is 10.6. The highest BCUT2D eigenvalue weighted by Gasteiger charge is 2.30. The summed E-state index contributed by atoms with van der Waals surface area (Å²) in [5.41, 5.74) is -2.04. The third kappa shape index (κ3) is 4.55. The van der Waals surface area contributed by atoms with Gasteiger partial charge in [0.15, 0.2) is 5.62 Å². The molecule has 1 heterocycles. The van der Waals surface area contributed by atoms with Crippen LogP contribution in [0, 0.1) is 0 Å². The fourth-order valence-corrected chi connectivity index (χ4v) is 6.67. The lowest BCUT2D eigenvalue weighted by Gasteiger charge is -2.22. The van der Waals surface area contributed by atoms with Crippen LogP contribution in [0.15, 0.2) is 0 Å². The van der Waals surface area contributed by atoms with Crippen LogP contribution >= 0.6 is 28.8 Å². The second kappa shape index (κ2) is 7.24. The highest BCUT2D eigenvalue weighted by Crippen LogP contribution is 2.60. The van der Waals surface area contributed by atoms with E-state index in [1.807, 2.05) is 6.26 Å². The van der Waals surface area contributed by atoms with Crippen molar-refractivity contribution in [2.45, 2.75) is 12.5 Å². The predicted octanol–water partition coefficient (Wildman–Crippen LogP) is 1.86. The molecule has 1 N–H and O–H groups in total. The Labute approximate surface area is 109 Å². The molecule has 1 saturated heterocycles. The lowest BCUT2D eigenvalue weighted by molar-refractivity contribution is -0.142. The molecule has 0 bridgehead atoms. The molecular weight excluding hydrogens is 285 g/mol. The third-order valence-corrected chi connectivity index (χ3v) is 8.28. The Bertz CT molecular complexity index is 280. The van der Waals surface area contributed by atoms with Crippen molar-refractivity contribution in [3.8, 4) is 0 Å². The number of carbonyl (C=O) groups excluding carboxylic acids is 1. The third-order valence-electron chi connectivity index (χ3n) is 2.02. The maximum Gasteiger partial charge on any atom is 0.323 e. The molecule has 0 aliphatic carbocycles. The molecule has 0 aromatic rings. The topological polar surface area (TPSA) is 47.6 Å². The zero-order chi connectivity index (χ0) is 12.0. The predicted molar refractivity (Wildman–Crippen MR) is 74.6 cm³/mol. The zero-order valence-corrected chi connectivity index (χ0v) is 12.6. The van der Waals surface area contributed by atoms with E-state index in [0.29, 0.717) is 6.61 Å². The van der Waals surface area contributed by atoms with Crippen molar-refractivity contribution in [3.63, 3.8) is 0 Å². The van der Waals surface area contributed by atoms with Crippen molar-refractivity contribution >= 4 is 46.5 Å². The lowest BCUT2D eigenvalue weighted by atomic mass is 10.2. The van der Waals surface area contributed by atoms with E-state index in [-0.39, 0.29) is 12.0 Å². The van der Waals surface area contributed by atoms with Gasteiger partial charge in [0.05, 0.1) is 13.7 Å². The SMILES string of the molecule is COC(=O)[C@H](CCSC)NP1(=S)OCCS1. The van der Waals surface area contributed by atoms with Crippen molar-refractivity contribution in [3.05, 3.63) is 0 Å². The number of rotatable bonds is 6. The molecule has 1 fully saturated rings. The molecule has 1 aliphatic heterocycles. The molecule has 2 atom stereocenters. The molecule has 1 aliphatic rings. The molecule has 1 unspecified atom stereocenters. The van der Waals surface area contributed by atoms with Crippen molar-refractivity contribution in [1.82, 2.24) is 5.09 Å². The molecule has 0 saturated carbocycles. The van der Waals surface area contributed by atoms with Crippen LogP contribution in [0.4, 0.5) is 0 Å². The van der Waals surface area contributed by atoms with Gasteiger partial charge in [0.2, 0.25) is 0 Å². The lowest BCUT2D eigenvalue weighted by Crippen LogP contribution is -2.35. The molecular formula is C8H16NO3PS3. The quantitative estimate of drug-likeness (QED) is 0.593. The Morgan fingerprint density at radius 1 is 1.81 bits per heavy atom. The average molecular weight is 301 g/mol. The maximum absolute atomic E-state index is 11.6. The number of ether oxygens (including phenoxy) is 1. The number of hydrogen-bond acceptors (Lipinski definition) is 6. The molecule has 4 nitrogen and oxygen atoms in total. The van der Waals surface area contributed by atoms with Gasteiger partial charge in [-0.05, 0) is 30.2 Å². The van der Waals surface area contributed by atoms with Gasteiger partial charge in [-0.3, -0.25) is 4.79 Å². The Balaban J connectivity index is 2.55. The van der Waals surface area contributed by atoms with Crippen LogP contribution < -0.4 is 5.09 Å². The highest BCUT2D eigenvalue weighted by atomic mass is 32.9. The largest absolute Gasteiger partial charge is 0.468 e. The number of nitrogens with one attached hydrogen (secondary N) is 1. The normalized spacial score (nSPS) is 26.6. The molecule has 16 heavy (non-hydrogen) atoms. The second-order valence-electron chi connectivity index (χ2n) is 3.15. The number of thioether (sulfide) groups is 1. The van der Waals surface area contributed by atoms with Crippen molar-refractivity contribution < 1.29 is 14.1 Å². The van der Waals surface area contributed by atoms with Crippen LogP contribution in [-0.2, 0) is 25.9 Å². The van der Waals surface area contributed by atoms with Gasteiger partial charge in [0, 0.05) is 5.75 Å². The van der Waals surface area contributed by atoms with Gasteiger partial charge in [0.25, 0.3) is 0 Å². The summed E-state index contributed by atoms with van der Waals surface area (Å²) in [4.78, 5) is 11.6. The fourth-order valence-electron chi connectivity index (χ4n) is 1.23. The Morgan fingerprint density at radius 3 is 3.06 bits per heavy atom. The summed E-state index contributed by atoms with van der Waals surface area (Å²) in [5.74, 6) is 1.54. The van der Waals surface area contributed by atoms with Crippen LogP contribution in [0.3, 0.4) is 0 Å². The smallest absolute Gasteiger partial charge is 0.323 e. The van der Waals surface area contributed by atoms with E-state index in [0.717, 1.165) is 17.9 Å². The molecule has 0 amide bonds. The molecule has 0 aromatic heterocycles. The molecule has 0 radical (unpaired) electrons. The minimum atomic E-state index is -2.04. The number of methoxy groups -OCH3 is 1. The van der Waals surface area contributed by atoms with E-state index >= 15 is 0 Å². The summed E-state index contributed by atoms with van der Waals surface area (Å²) in [5, 5.41) is 3.16. The first-order valence-electron chi connectivity index (χ1n) is 4.85. The second-order valence-corrected chi connectivity index (χ2v) is 10.9. The van der Waals surface area contributed by atoms with Gasteiger partial charge in [-0.1, -0.05) is 11.4 Å². The summed E-state index contributed by atoms with van der Waals surface area (Å²) in [7, 11) is 1.40. The van der Waals surface area contributed by atoms with E-state index in [9.17, 15) is 4.79 Å². The zero-order valence-electron chi connectivity index (χ0n) is 9.30. The van der Waals surface area contributed by atoms with Crippen molar-refractivity contribution in [1.29, 1.82) is 0 Å². The Morgan fingerprint density at radius 2 is 2.56 bits per heavy atom. The first kappa shape index (κ1) is 14.8. The number of hydrogen-bond donors (Lipinski definition) is 1. The molecule has 1 rings (SSSR count). The van der Waals surface area contributed by atoms with Gasteiger partial charge in [-0.2, -0.15) is 11.8 Å². The van der Waals surface area contributed by atoms with E-state index in [2.05, 4.69) is 5.09 Å². The van der Waals surface area contributed by atoms with Crippen LogP contribution in [0.2, 0.25) is 0 Å². The van der Waals surface area contributed by atoms with Gasteiger partial charge in [-0.15, -0.1) is 0 Å². The first-order chi connectivity index (χ1) is 7.61. The van der Waals surface area contributed by atoms with Crippen molar-refractivity contribution in [2.24, 2.45) is 0 Å². The van der Waals surface area contributed by atoms with Gasteiger partial charge < -0.3 is 9.26 Å². The summed E-state index contributed by atoms with van der Waals surface area (Å²) in [6.45, 7) is 0.672. The van der Waals surface area contributed by atoms with Gasteiger partial charge >= 0.3 is 5.97 Å². The minimum Gasteiger partial charge on any atom is -0.468 e. The molecule has 94 valence electrons. The Hall–Kier alpha value is 0.740. The summed E-state index contributed by atoms with van der Waals surface area (Å²) < 4.78 is 10.3. The Kier molecular flexibility index (Phi) is 6.69. The van der Waals surface area contributed by atoms with Gasteiger partial charge in [0.1, 0.15) is 6.04 Å². The van der Waals surface area contributed by atoms with E-state index < -0.39 is 5.62 Å². The highest BCUT2D eigenvalue weighted by molar-refractivity contribution is 8.69. The summed E-state index contributed by atoms with van der Waals surface area (Å²) in [6, 6.07) is -0.339. The molecule has 8 heteroatoms. The summed E-state index contributed by atoms with van der Waals surface area (Å²) >= 11 is 8.70. The van der Waals surface area contributed by atoms with Crippen LogP contribution in [0.1, 0.15) is 6.42 Å². The fraction of sp³-hybridized carbons (Fsp3) is 0.875. The monoisotopic (exact) mass is 301 g/mol. The maximum atomic E-state index is 11.6. The van der Waals surface area contributed by atoms with Crippen LogP contribution in [0.5, 0.6) is 0 Å². The van der Waals surface area contributed by atoms with Gasteiger partial charge in [-0.25, -0.2) is 5.09 Å².